The highest BCUT2D eigenvalue weighted by molar-refractivity contribution is 5.24. The van der Waals surface area contributed by atoms with Gasteiger partial charge in [-0.1, -0.05) is 0 Å². The van der Waals surface area contributed by atoms with Gasteiger partial charge in [0.15, 0.2) is 0 Å². The first-order chi connectivity index (χ1) is 6.63. The van der Waals surface area contributed by atoms with Gasteiger partial charge in [-0.2, -0.15) is 5.10 Å². The number of nitrogens with two attached hydrogens (primary N) is 1. The number of nitrogens with zero attached hydrogens (tertiary/aromatic N) is 3. The number of hydrogen-bond acceptors (Lipinski definition) is 3. The van der Waals surface area contributed by atoms with Crippen LogP contribution in [0.25, 0.3) is 0 Å². The Morgan fingerprint density at radius 3 is 2.50 bits per heavy atom. The maximum atomic E-state index is 5.69. The summed E-state index contributed by atoms with van der Waals surface area (Å²) < 4.78 is 2.14. The summed E-state index contributed by atoms with van der Waals surface area (Å²) in [6.07, 6.45) is 0. The van der Waals surface area contributed by atoms with Crippen molar-refractivity contribution in [3.05, 3.63) is 17.0 Å². The molecule has 0 amide bonds. The van der Waals surface area contributed by atoms with Gasteiger partial charge < -0.3 is 10.6 Å². The Balaban J connectivity index is 2.26. The van der Waals surface area contributed by atoms with E-state index >= 15 is 0 Å². The van der Waals surface area contributed by atoms with E-state index in [0.29, 0.717) is 12.6 Å². The van der Waals surface area contributed by atoms with Crippen LogP contribution in [0.5, 0.6) is 0 Å². The first-order valence-electron chi connectivity index (χ1n) is 5.06. The van der Waals surface area contributed by atoms with E-state index in [1.165, 1.54) is 11.3 Å². The van der Waals surface area contributed by atoms with Crippen LogP contribution in [0.3, 0.4) is 0 Å². The predicted molar refractivity (Wildman–Crippen MR) is 56.1 cm³/mol. The summed E-state index contributed by atoms with van der Waals surface area (Å²) >= 11 is 0. The van der Waals surface area contributed by atoms with E-state index in [2.05, 4.69) is 28.7 Å². The zero-order valence-electron chi connectivity index (χ0n) is 9.12. The Kier molecular flexibility index (Phi) is 2.33. The maximum Gasteiger partial charge on any atom is 0.0775 e. The fraction of sp³-hybridized carbons (Fsp3) is 0.700. The zero-order chi connectivity index (χ0) is 10.3. The van der Waals surface area contributed by atoms with Crippen LogP contribution in [0, 0.1) is 13.8 Å². The lowest BCUT2D eigenvalue weighted by Crippen LogP contribution is -2.45. The molecule has 0 radical (unpaired) electrons. The molecule has 1 aromatic heterocycles. The molecule has 0 bridgehead atoms. The van der Waals surface area contributed by atoms with Gasteiger partial charge >= 0.3 is 0 Å². The minimum Gasteiger partial charge on any atom is -0.326 e. The van der Waals surface area contributed by atoms with E-state index in [1.807, 2.05) is 6.92 Å². The molecule has 0 saturated carbocycles. The Bertz CT molecular complexity index is 336. The molecule has 1 aromatic rings. The average molecular weight is 194 g/mol. The minimum absolute atomic E-state index is 0.555. The molecule has 1 aliphatic rings. The smallest absolute Gasteiger partial charge is 0.0775 e. The van der Waals surface area contributed by atoms with Crippen molar-refractivity contribution in [3.8, 4) is 0 Å². The van der Waals surface area contributed by atoms with Crippen LogP contribution in [-0.4, -0.2) is 34.8 Å². The summed E-state index contributed by atoms with van der Waals surface area (Å²) in [5.41, 5.74) is 9.22. The number of aryl methyl sites for hydroxylation is 1. The number of aromatic nitrogens is 2. The van der Waals surface area contributed by atoms with Crippen molar-refractivity contribution < 1.29 is 0 Å². The van der Waals surface area contributed by atoms with Gasteiger partial charge in [0.2, 0.25) is 0 Å². The van der Waals surface area contributed by atoms with Gasteiger partial charge in [-0.25, -0.2) is 0 Å². The molecule has 78 valence electrons. The van der Waals surface area contributed by atoms with E-state index in [1.54, 1.807) is 0 Å². The van der Waals surface area contributed by atoms with Crippen molar-refractivity contribution in [2.45, 2.75) is 26.4 Å². The van der Waals surface area contributed by atoms with Crippen LogP contribution in [0.1, 0.15) is 23.0 Å². The maximum absolute atomic E-state index is 5.69. The Morgan fingerprint density at radius 2 is 2.07 bits per heavy atom. The standard InChI is InChI=1S/C10H18N4/c1-7-10(4-11)8(2)14(12-7)9-5-13(3)6-9/h9H,4-6,11H2,1-3H3. The van der Waals surface area contributed by atoms with Crippen LogP contribution in [0.4, 0.5) is 0 Å². The van der Waals surface area contributed by atoms with Crippen molar-refractivity contribution in [1.29, 1.82) is 0 Å². The second-order valence-corrected chi connectivity index (χ2v) is 4.17. The quantitative estimate of drug-likeness (QED) is 0.743. The zero-order valence-corrected chi connectivity index (χ0v) is 9.12. The van der Waals surface area contributed by atoms with E-state index in [9.17, 15) is 0 Å². The normalized spacial score (nSPS) is 18.6. The van der Waals surface area contributed by atoms with Crippen molar-refractivity contribution in [2.75, 3.05) is 20.1 Å². The molecule has 0 aromatic carbocycles. The summed E-state index contributed by atoms with van der Waals surface area (Å²) in [5.74, 6) is 0. The highest BCUT2D eigenvalue weighted by Gasteiger charge is 2.27. The molecule has 4 nitrogen and oxygen atoms in total. The van der Waals surface area contributed by atoms with Crippen LogP contribution in [0.2, 0.25) is 0 Å². The Morgan fingerprint density at radius 1 is 1.43 bits per heavy atom. The van der Waals surface area contributed by atoms with Crippen molar-refractivity contribution in [3.63, 3.8) is 0 Å². The van der Waals surface area contributed by atoms with E-state index in [0.717, 1.165) is 18.8 Å². The Labute approximate surface area is 84.7 Å². The molecular weight excluding hydrogens is 176 g/mol. The highest BCUT2D eigenvalue weighted by Crippen LogP contribution is 2.23. The van der Waals surface area contributed by atoms with Gasteiger partial charge in [0.05, 0.1) is 11.7 Å². The molecule has 2 rings (SSSR count). The van der Waals surface area contributed by atoms with Gasteiger partial charge in [0.25, 0.3) is 0 Å². The lowest BCUT2D eigenvalue weighted by molar-refractivity contribution is 0.128. The van der Waals surface area contributed by atoms with Gasteiger partial charge in [-0.3, -0.25) is 4.68 Å². The van der Waals surface area contributed by atoms with Gasteiger partial charge in [-0.15, -0.1) is 0 Å². The fourth-order valence-corrected chi connectivity index (χ4v) is 2.17. The second-order valence-electron chi connectivity index (χ2n) is 4.17. The monoisotopic (exact) mass is 194 g/mol. The van der Waals surface area contributed by atoms with Gasteiger partial charge in [-0.05, 0) is 20.9 Å². The topological polar surface area (TPSA) is 47.1 Å². The molecule has 0 atom stereocenters. The van der Waals surface area contributed by atoms with Crippen molar-refractivity contribution in [2.24, 2.45) is 5.73 Å². The molecule has 0 unspecified atom stereocenters. The summed E-state index contributed by atoms with van der Waals surface area (Å²) in [6.45, 7) is 6.95. The van der Waals surface area contributed by atoms with Gasteiger partial charge in [0, 0.05) is 30.9 Å². The summed E-state index contributed by atoms with van der Waals surface area (Å²) in [7, 11) is 2.13. The molecule has 1 saturated heterocycles. The van der Waals surface area contributed by atoms with E-state index in [4.69, 9.17) is 5.73 Å². The van der Waals surface area contributed by atoms with Crippen molar-refractivity contribution >= 4 is 0 Å². The van der Waals surface area contributed by atoms with Crippen LogP contribution in [-0.2, 0) is 6.54 Å². The lowest BCUT2D eigenvalue weighted by Gasteiger charge is -2.36. The Hall–Kier alpha value is -0.870. The number of hydrogen-bond donors (Lipinski definition) is 1. The second kappa shape index (κ2) is 3.37. The van der Waals surface area contributed by atoms with Crippen LogP contribution >= 0.6 is 0 Å². The van der Waals surface area contributed by atoms with Crippen molar-refractivity contribution in [1.82, 2.24) is 14.7 Å². The molecule has 14 heavy (non-hydrogen) atoms. The van der Waals surface area contributed by atoms with Gasteiger partial charge in [0.1, 0.15) is 0 Å². The molecule has 0 spiro atoms. The highest BCUT2D eigenvalue weighted by atomic mass is 15.4. The number of likely N-dealkylation sites (tertiary alicyclic amines) is 1. The third kappa shape index (κ3) is 1.35. The molecule has 1 aliphatic heterocycles. The molecule has 2 heterocycles. The summed E-state index contributed by atoms with van der Waals surface area (Å²) in [6, 6.07) is 0.555. The molecular formula is C10H18N4. The minimum atomic E-state index is 0.555. The molecule has 2 N–H and O–H groups in total. The third-order valence-electron chi connectivity index (χ3n) is 3.07. The lowest BCUT2D eigenvalue weighted by atomic mass is 10.1. The summed E-state index contributed by atoms with van der Waals surface area (Å²) in [5, 5.41) is 4.55. The largest absolute Gasteiger partial charge is 0.326 e. The molecule has 4 heteroatoms. The van der Waals surface area contributed by atoms with E-state index < -0.39 is 0 Å². The fourth-order valence-electron chi connectivity index (χ4n) is 2.17. The summed E-state index contributed by atoms with van der Waals surface area (Å²) in [4.78, 5) is 2.29. The first kappa shape index (κ1) is 9.68. The SMILES string of the molecule is Cc1nn(C2CN(C)C2)c(C)c1CN. The number of rotatable bonds is 2. The van der Waals surface area contributed by atoms with E-state index in [-0.39, 0.29) is 0 Å². The number of likely N-dealkylation sites (N-methyl/N-ethyl adjacent to an activating group) is 1. The first-order valence-corrected chi connectivity index (χ1v) is 5.06. The third-order valence-corrected chi connectivity index (χ3v) is 3.07. The average Bonchev–Trinajstić information content (AvgIpc) is 2.36. The van der Waals surface area contributed by atoms with Crippen LogP contribution < -0.4 is 5.73 Å². The molecule has 0 aliphatic carbocycles. The predicted octanol–water partition coefficient (Wildman–Crippen LogP) is 0.445. The van der Waals surface area contributed by atoms with Crippen LogP contribution in [0.15, 0.2) is 0 Å². The molecule has 1 fully saturated rings.